The van der Waals surface area contributed by atoms with Crippen molar-refractivity contribution in [3.63, 3.8) is 0 Å². The molecule has 1 saturated heterocycles. The van der Waals surface area contributed by atoms with Crippen LogP contribution in [0, 0.1) is 0 Å². The Hall–Kier alpha value is -1.33. The van der Waals surface area contributed by atoms with E-state index >= 15 is 0 Å². The van der Waals surface area contributed by atoms with E-state index in [9.17, 15) is 4.79 Å². The number of hydrogen-bond donors (Lipinski definition) is 2. The molecule has 2 unspecified atom stereocenters. The van der Waals surface area contributed by atoms with Crippen LogP contribution < -0.4 is 10.6 Å². The minimum Gasteiger partial charge on any atom is -0.467 e. The number of nitrogens with zero attached hydrogens (tertiary/aromatic N) is 1. The third-order valence-corrected chi connectivity index (χ3v) is 4.05. The summed E-state index contributed by atoms with van der Waals surface area (Å²) in [5, 5.41) is 6.52. The molecule has 2 atom stereocenters. The lowest BCUT2D eigenvalue weighted by Crippen LogP contribution is -2.46. The Kier molecular flexibility index (Phi) is 6.26. The highest BCUT2D eigenvalue weighted by Crippen LogP contribution is 2.12. The molecule has 2 heterocycles. The molecule has 2 N–H and O–H groups in total. The van der Waals surface area contributed by atoms with Gasteiger partial charge in [0.25, 0.3) is 0 Å². The second-order valence-electron chi connectivity index (χ2n) is 5.78. The summed E-state index contributed by atoms with van der Waals surface area (Å²) in [6, 6.07) is 4.16. The maximum Gasteiger partial charge on any atom is 0.234 e. The minimum atomic E-state index is -0.0842. The van der Waals surface area contributed by atoms with Gasteiger partial charge in [-0.1, -0.05) is 13.3 Å². The molecule has 1 aliphatic heterocycles. The summed E-state index contributed by atoms with van der Waals surface area (Å²) in [4.78, 5) is 14.3. The van der Waals surface area contributed by atoms with Crippen molar-refractivity contribution in [3.05, 3.63) is 24.2 Å². The van der Waals surface area contributed by atoms with E-state index in [-0.39, 0.29) is 11.9 Å². The fourth-order valence-electron chi connectivity index (χ4n) is 2.80. The van der Waals surface area contributed by atoms with Gasteiger partial charge in [-0.25, -0.2) is 0 Å². The first-order valence-electron chi connectivity index (χ1n) is 7.97. The van der Waals surface area contributed by atoms with Crippen molar-refractivity contribution in [2.24, 2.45) is 0 Å². The highest BCUT2D eigenvalue weighted by Gasteiger charge is 2.19. The number of carbonyl (C=O) groups excluding carboxylic acids is 1. The number of likely N-dealkylation sites (N-methyl/N-ethyl adjacent to an activating group) is 1. The van der Waals surface area contributed by atoms with Crippen LogP contribution in [0.2, 0.25) is 0 Å². The first kappa shape index (κ1) is 16.0. The van der Waals surface area contributed by atoms with E-state index in [1.807, 2.05) is 19.1 Å². The van der Waals surface area contributed by atoms with Gasteiger partial charge in [-0.2, -0.15) is 0 Å². The Balaban J connectivity index is 1.76. The number of nitrogens with one attached hydrogen (secondary N) is 2. The molecule has 2 rings (SSSR count). The Bertz CT molecular complexity index is 413. The third-order valence-electron chi connectivity index (χ3n) is 4.05. The fraction of sp³-hybridized carbons (Fsp3) is 0.688. The highest BCUT2D eigenvalue weighted by atomic mass is 16.3. The number of furan rings is 1. The molecule has 0 radical (unpaired) electrons. The monoisotopic (exact) mass is 293 g/mol. The summed E-state index contributed by atoms with van der Waals surface area (Å²) in [7, 11) is 0. The van der Waals surface area contributed by atoms with Gasteiger partial charge in [-0.3, -0.25) is 9.69 Å². The SMILES string of the molecule is CCN(CC(=O)NC(C)c1ccco1)CC1CCCCN1. The maximum atomic E-state index is 12.1. The van der Waals surface area contributed by atoms with Gasteiger partial charge in [0.05, 0.1) is 18.8 Å². The Labute approximate surface area is 127 Å². The van der Waals surface area contributed by atoms with Crippen LogP contribution in [0.25, 0.3) is 0 Å². The number of rotatable bonds is 7. The fourth-order valence-corrected chi connectivity index (χ4v) is 2.80. The number of carbonyl (C=O) groups is 1. The Morgan fingerprint density at radius 1 is 1.57 bits per heavy atom. The zero-order valence-corrected chi connectivity index (χ0v) is 13.1. The van der Waals surface area contributed by atoms with Gasteiger partial charge in [0.15, 0.2) is 0 Å². The van der Waals surface area contributed by atoms with Crippen molar-refractivity contribution >= 4 is 5.91 Å². The second kappa shape index (κ2) is 8.20. The molecule has 1 fully saturated rings. The number of piperidine rings is 1. The molecule has 5 nitrogen and oxygen atoms in total. The van der Waals surface area contributed by atoms with Gasteiger partial charge in [0, 0.05) is 12.6 Å². The van der Waals surface area contributed by atoms with Crippen LogP contribution in [0.4, 0.5) is 0 Å². The van der Waals surface area contributed by atoms with Crippen LogP contribution in [0.3, 0.4) is 0 Å². The quantitative estimate of drug-likeness (QED) is 0.806. The van der Waals surface area contributed by atoms with E-state index in [4.69, 9.17) is 4.42 Å². The summed E-state index contributed by atoms with van der Waals surface area (Å²) in [6.45, 7) is 7.42. The lowest BCUT2D eigenvalue weighted by Gasteiger charge is -2.29. The molecule has 1 aromatic rings. The normalized spacial score (nSPS) is 20.4. The molecular formula is C16H27N3O2. The van der Waals surface area contributed by atoms with Crippen molar-refractivity contribution in [3.8, 4) is 0 Å². The van der Waals surface area contributed by atoms with Gasteiger partial charge >= 0.3 is 0 Å². The number of hydrogen-bond acceptors (Lipinski definition) is 4. The zero-order chi connectivity index (χ0) is 15.1. The van der Waals surface area contributed by atoms with Gasteiger partial charge < -0.3 is 15.1 Å². The van der Waals surface area contributed by atoms with Crippen LogP contribution in [-0.4, -0.2) is 43.0 Å². The first-order valence-corrected chi connectivity index (χ1v) is 7.97. The van der Waals surface area contributed by atoms with E-state index < -0.39 is 0 Å². The topological polar surface area (TPSA) is 57.5 Å². The van der Waals surface area contributed by atoms with E-state index in [0.717, 1.165) is 25.4 Å². The molecule has 0 aliphatic carbocycles. The first-order chi connectivity index (χ1) is 10.2. The third kappa shape index (κ3) is 5.17. The molecule has 0 spiro atoms. The smallest absolute Gasteiger partial charge is 0.234 e. The van der Waals surface area contributed by atoms with E-state index in [1.165, 1.54) is 19.3 Å². The largest absolute Gasteiger partial charge is 0.467 e. The molecule has 0 bridgehead atoms. The lowest BCUT2D eigenvalue weighted by molar-refractivity contribution is -0.123. The van der Waals surface area contributed by atoms with Gasteiger partial charge in [-0.05, 0) is 45.0 Å². The summed E-state index contributed by atoms with van der Waals surface area (Å²) >= 11 is 0. The molecule has 118 valence electrons. The summed E-state index contributed by atoms with van der Waals surface area (Å²) in [6.07, 6.45) is 5.40. The molecule has 21 heavy (non-hydrogen) atoms. The van der Waals surface area contributed by atoms with E-state index in [2.05, 4.69) is 22.5 Å². The molecule has 0 saturated carbocycles. The van der Waals surface area contributed by atoms with E-state index in [0.29, 0.717) is 12.6 Å². The van der Waals surface area contributed by atoms with Crippen molar-refractivity contribution in [1.29, 1.82) is 0 Å². The van der Waals surface area contributed by atoms with Gasteiger partial charge in [-0.15, -0.1) is 0 Å². The van der Waals surface area contributed by atoms with Crippen LogP contribution in [0.15, 0.2) is 22.8 Å². The van der Waals surface area contributed by atoms with Crippen LogP contribution in [0.5, 0.6) is 0 Å². The van der Waals surface area contributed by atoms with Crippen LogP contribution in [0.1, 0.15) is 44.9 Å². The van der Waals surface area contributed by atoms with E-state index in [1.54, 1.807) is 6.26 Å². The Morgan fingerprint density at radius 2 is 2.43 bits per heavy atom. The predicted molar refractivity (Wildman–Crippen MR) is 83.0 cm³/mol. The summed E-state index contributed by atoms with van der Waals surface area (Å²) in [5.41, 5.74) is 0. The molecule has 0 aromatic carbocycles. The van der Waals surface area contributed by atoms with Crippen LogP contribution >= 0.6 is 0 Å². The Morgan fingerprint density at radius 3 is 3.05 bits per heavy atom. The summed E-state index contributed by atoms with van der Waals surface area (Å²) in [5.74, 6) is 0.844. The predicted octanol–water partition coefficient (Wildman–Crippen LogP) is 1.92. The standard InChI is InChI=1S/C16H27N3O2/c1-3-19(11-14-7-4-5-9-17-14)12-16(20)18-13(2)15-8-6-10-21-15/h6,8,10,13-14,17H,3-5,7,9,11-12H2,1-2H3,(H,18,20). The molecule has 5 heteroatoms. The van der Waals surface area contributed by atoms with Crippen molar-refractivity contribution < 1.29 is 9.21 Å². The summed E-state index contributed by atoms with van der Waals surface area (Å²) < 4.78 is 5.31. The lowest BCUT2D eigenvalue weighted by atomic mass is 10.0. The maximum absolute atomic E-state index is 12.1. The zero-order valence-electron chi connectivity index (χ0n) is 13.1. The number of amides is 1. The van der Waals surface area contributed by atoms with Gasteiger partial charge in [0.2, 0.25) is 5.91 Å². The molecule has 1 amide bonds. The molecule has 1 aliphatic rings. The van der Waals surface area contributed by atoms with Crippen molar-refractivity contribution in [2.45, 2.75) is 45.2 Å². The molecular weight excluding hydrogens is 266 g/mol. The second-order valence-corrected chi connectivity index (χ2v) is 5.78. The van der Waals surface area contributed by atoms with Gasteiger partial charge in [0.1, 0.15) is 5.76 Å². The van der Waals surface area contributed by atoms with Crippen molar-refractivity contribution in [2.75, 3.05) is 26.2 Å². The minimum absolute atomic E-state index is 0.0524. The average molecular weight is 293 g/mol. The highest BCUT2D eigenvalue weighted by molar-refractivity contribution is 5.78. The molecule has 1 aromatic heterocycles. The average Bonchev–Trinajstić information content (AvgIpc) is 3.02. The van der Waals surface area contributed by atoms with Crippen LogP contribution in [-0.2, 0) is 4.79 Å². The van der Waals surface area contributed by atoms with Crippen molar-refractivity contribution in [1.82, 2.24) is 15.5 Å².